The topological polar surface area (TPSA) is 106 Å². The highest BCUT2D eigenvalue weighted by atomic mass is 16.6. The van der Waals surface area contributed by atoms with Crippen LogP contribution in [0, 0.1) is 10.1 Å². The number of hydrogen-bond donors (Lipinski definition) is 2. The van der Waals surface area contributed by atoms with Gasteiger partial charge in [-0.2, -0.15) is 0 Å². The van der Waals surface area contributed by atoms with E-state index in [0.717, 1.165) is 5.56 Å². The number of rotatable bonds is 6. The fourth-order valence-corrected chi connectivity index (χ4v) is 2.13. The zero-order valence-electron chi connectivity index (χ0n) is 12.6. The van der Waals surface area contributed by atoms with Crippen molar-refractivity contribution in [1.29, 1.82) is 0 Å². The summed E-state index contributed by atoms with van der Waals surface area (Å²) in [5.74, 6) is 0.267. The molecule has 0 spiro atoms. The smallest absolute Gasteiger partial charge is 0.353 e. The lowest BCUT2D eigenvalue weighted by Gasteiger charge is -2.10. The van der Waals surface area contributed by atoms with Gasteiger partial charge in [-0.05, 0) is 17.7 Å². The number of aromatic nitrogens is 3. The van der Waals surface area contributed by atoms with Crippen LogP contribution in [0.3, 0.4) is 0 Å². The van der Waals surface area contributed by atoms with Crippen LogP contribution in [-0.2, 0) is 6.54 Å². The predicted octanol–water partition coefficient (Wildman–Crippen LogP) is 3.14. The molecule has 0 fully saturated rings. The Morgan fingerprint density at radius 2 is 1.83 bits per heavy atom. The van der Waals surface area contributed by atoms with Gasteiger partial charge in [-0.15, -0.1) is 0 Å². The molecule has 1 aromatic carbocycles. The van der Waals surface area contributed by atoms with Crippen LogP contribution in [0.4, 0.5) is 23.0 Å². The highest BCUT2D eigenvalue weighted by Crippen LogP contribution is 2.31. The van der Waals surface area contributed by atoms with E-state index in [1.165, 1.54) is 6.33 Å². The summed E-state index contributed by atoms with van der Waals surface area (Å²) in [7, 11) is 0. The third-order valence-electron chi connectivity index (χ3n) is 3.23. The number of nitrogens with zero attached hydrogens (tertiary/aromatic N) is 4. The summed E-state index contributed by atoms with van der Waals surface area (Å²) in [6.07, 6.45) is 4.45. The zero-order chi connectivity index (χ0) is 16.8. The van der Waals surface area contributed by atoms with Crippen LogP contribution in [0.5, 0.6) is 0 Å². The number of nitrogens with one attached hydrogen (secondary N) is 2. The highest BCUT2D eigenvalue weighted by Gasteiger charge is 2.23. The molecular formula is C16H14N6O2. The first-order chi connectivity index (χ1) is 11.7. The second-order valence-electron chi connectivity index (χ2n) is 4.88. The first kappa shape index (κ1) is 15.3. The summed E-state index contributed by atoms with van der Waals surface area (Å²) in [4.78, 5) is 22.9. The van der Waals surface area contributed by atoms with Crippen molar-refractivity contribution in [3.8, 4) is 0 Å². The van der Waals surface area contributed by atoms with E-state index in [4.69, 9.17) is 0 Å². The van der Waals surface area contributed by atoms with Crippen LogP contribution < -0.4 is 10.6 Å². The second kappa shape index (κ2) is 7.14. The van der Waals surface area contributed by atoms with Crippen LogP contribution in [0.15, 0.2) is 61.2 Å². The van der Waals surface area contributed by atoms with Crippen molar-refractivity contribution < 1.29 is 4.92 Å². The highest BCUT2D eigenvalue weighted by molar-refractivity contribution is 5.73. The monoisotopic (exact) mass is 322 g/mol. The van der Waals surface area contributed by atoms with Gasteiger partial charge in [0.25, 0.3) is 0 Å². The van der Waals surface area contributed by atoms with Crippen molar-refractivity contribution in [3.63, 3.8) is 0 Å². The molecule has 3 rings (SSSR count). The summed E-state index contributed by atoms with van der Waals surface area (Å²) in [6, 6.07) is 13.0. The summed E-state index contributed by atoms with van der Waals surface area (Å²) in [5.41, 5.74) is 1.39. The minimum Gasteiger partial charge on any atom is -0.360 e. The quantitative estimate of drug-likeness (QED) is 0.530. The van der Waals surface area contributed by atoms with E-state index in [1.54, 1.807) is 24.5 Å². The third-order valence-corrected chi connectivity index (χ3v) is 3.23. The Morgan fingerprint density at radius 1 is 1.04 bits per heavy atom. The Labute approximate surface area is 137 Å². The molecule has 0 saturated carbocycles. The molecule has 0 amide bonds. The van der Waals surface area contributed by atoms with Gasteiger partial charge in [0.05, 0.1) is 16.8 Å². The number of hydrogen-bond acceptors (Lipinski definition) is 7. The van der Waals surface area contributed by atoms with E-state index in [1.807, 2.05) is 30.3 Å². The first-order valence-electron chi connectivity index (χ1n) is 7.18. The molecule has 3 aromatic rings. The Hall–Kier alpha value is -3.55. The maximum Gasteiger partial charge on any atom is 0.353 e. The van der Waals surface area contributed by atoms with Crippen molar-refractivity contribution >= 4 is 23.0 Å². The van der Waals surface area contributed by atoms with Crippen LogP contribution in [0.1, 0.15) is 5.56 Å². The minimum absolute atomic E-state index is 0.110. The maximum atomic E-state index is 11.5. The molecule has 8 nitrogen and oxygen atoms in total. The predicted molar refractivity (Wildman–Crippen MR) is 90.0 cm³/mol. The van der Waals surface area contributed by atoms with E-state index < -0.39 is 4.92 Å². The summed E-state index contributed by atoms with van der Waals surface area (Å²) >= 11 is 0. The average molecular weight is 322 g/mol. The van der Waals surface area contributed by atoms with Crippen molar-refractivity contribution in [1.82, 2.24) is 15.0 Å². The summed E-state index contributed by atoms with van der Waals surface area (Å²) in [6.45, 7) is 0.422. The van der Waals surface area contributed by atoms with Gasteiger partial charge >= 0.3 is 5.69 Å². The molecule has 0 aliphatic carbocycles. The molecule has 0 atom stereocenters. The Balaban J connectivity index is 1.86. The molecule has 0 saturated heterocycles. The Morgan fingerprint density at radius 3 is 2.54 bits per heavy atom. The van der Waals surface area contributed by atoms with Gasteiger partial charge in [-0.3, -0.25) is 15.1 Å². The van der Waals surface area contributed by atoms with E-state index in [0.29, 0.717) is 12.2 Å². The van der Waals surface area contributed by atoms with E-state index >= 15 is 0 Å². The van der Waals surface area contributed by atoms with Crippen LogP contribution in [0.25, 0.3) is 0 Å². The minimum atomic E-state index is -0.508. The van der Waals surface area contributed by atoms with Crippen LogP contribution in [0.2, 0.25) is 0 Å². The molecule has 0 radical (unpaired) electrons. The molecule has 0 bridgehead atoms. The molecule has 8 heteroatoms. The molecule has 120 valence electrons. The zero-order valence-corrected chi connectivity index (χ0v) is 12.6. The van der Waals surface area contributed by atoms with Crippen molar-refractivity contribution in [3.05, 3.63) is 76.9 Å². The van der Waals surface area contributed by atoms with Gasteiger partial charge in [0.1, 0.15) is 6.33 Å². The van der Waals surface area contributed by atoms with Crippen LogP contribution in [-0.4, -0.2) is 19.9 Å². The van der Waals surface area contributed by atoms with Gasteiger partial charge in [0, 0.05) is 12.7 Å². The van der Waals surface area contributed by atoms with Gasteiger partial charge in [0.2, 0.25) is 11.6 Å². The molecule has 0 aliphatic rings. The van der Waals surface area contributed by atoms with Gasteiger partial charge < -0.3 is 10.6 Å². The van der Waals surface area contributed by atoms with E-state index in [2.05, 4.69) is 25.6 Å². The molecule has 2 N–H and O–H groups in total. The molecule has 2 aromatic heterocycles. The summed E-state index contributed by atoms with van der Waals surface area (Å²) in [5, 5.41) is 17.4. The van der Waals surface area contributed by atoms with Gasteiger partial charge in [0.15, 0.2) is 0 Å². The lowest BCUT2D eigenvalue weighted by Crippen LogP contribution is -2.08. The first-order valence-corrected chi connectivity index (χ1v) is 7.18. The van der Waals surface area contributed by atoms with Crippen LogP contribution >= 0.6 is 0 Å². The molecule has 2 heterocycles. The second-order valence-corrected chi connectivity index (χ2v) is 4.88. The van der Waals surface area contributed by atoms with Crippen molar-refractivity contribution in [2.45, 2.75) is 6.54 Å². The number of pyridine rings is 1. The van der Waals surface area contributed by atoms with Gasteiger partial charge in [-0.1, -0.05) is 30.3 Å². The van der Waals surface area contributed by atoms with E-state index in [-0.39, 0.29) is 17.3 Å². The lowest BCUT2D eigenvalue weighted by atomic mass is 10.2. The SMILES string of the molecule is O=[N+]([O-])c1c(NCc2ccccc2)ncnc1Nc1cccnc1. The number of nitro groups is 1. The third kappa shape index (κ3) is 3.61. The Kier molecular flexibility index (Phi) is 4.57. The number of anilines is 3. The fraction of sp³-hybridized carbons (Fsp3) is 0.0625. The largest absolute Gasteiger partial charge is 0.360 e. The molecule has 24 heavy (non-hydrogen) atoms. The van der Waals surface area contributed by atoms with Gasteiger partial charge in [-0.25, -0.2) is 9.97 Å². The van der Waals surface area contributed by atoms with Crippen molar-refractivity contribution in [2.75, 3.05) is 10.6 Å². The number of benzene rings is 1. The fourth-order valence-electron chi connectivity index (χ4n) is 2.13. The Bertz CT molecular complexity index is 826. The molecule has 0 aliphatic heterocycles. The molecule has 0 unspecified atom stereocenters. The summed E-state index contributed by atoms with van der Waals surface area (Å²) < 4.78 is 0. The standard InChI is InChI=1S/C16H14N6O2/c23-22(24)14-15(18-9-12-5-2-1-3-6-12)19-11-20-16(14)21-13-7-4-8-17-10-13/h1-8,10-11H,9H2,(H2,18,19,20,21). The lowest BCUT2D eigenvalue weighted by molar-refractivity contribution is -0.383. The van der Waals surface area contributed by atoms with E-state index in [9.17, 15) is 10.1 Å². The maximum absolute atomic E-state index is 11.5. The average Bonchev–Trinajstić information content (AvgIpc) is 2.61. The normalized spacial score (nSPS) is 10.2. The molecular weight excluding hydrogens is 308 g/mol. The van der Waals surface area contributed by atoms with Crippen molar-refractivity contribution in [2.24, 2.45) is 0 Å².